The molecule has 0 aromatic carbocycles. The van der Waals surface area contributed by atoms with E-state index >= 15 is 0 Å². The van der Waals surface area contributed by atoms with Gasteiger partial charge >= 0.3 is 0 Å². The van der Waals surface area contributed by atoms with Crippen LogP contribution in [0.15, 0.2) is 6.20 Å². The van der Waals surface area contributed by atoms with Crippen LogP contribution in [0, 0.1) is 11.3 Å². The van der Waals surface area contributed by atoms with Crippen LogP contribution in [0.3, 0.4) is 0 Å². The number of likely N-dealkylation sites (tertiary alicyclic amines) is 1. The maximum Gasteiger partial charge on any atom is 0.229 e. The zero-order chi connectivity index (χ0) is 17.0. The summed E-state index contributed by atoms with van der Waals surface area (Å²) in [4.78, 5) is 14.9. The summed E-state index contributed by atoms with van der Waals surface area (Å²) in [5.41, 5.74) is 0.648. The quantitative estimate of drug-likeness (QED) is 0.871. The predicted molar refractivity (Wildman–Crippen MR) is 90.2 cm³/mol. The van der Waals surface area contributed by atoms with Gasteiger partial charge in [-0.1, -0.05) is 5.21 Å². The lowest BCUT2D eigenvalue weighted by Gasteiger charge is -2.40. The summed E-state index contributed by atoms with van der Waals surface area (Å²) in [6, 6.07) is 0. The first-order chi connectivity index (χ1) is 11.6. The van der Waals surface area contributed by atoms with E-state index in [1.165, 1.54) is 0 Å². The van der Waals surface area contributed by atoms with Gasteiger partial charge < -0.3 is 15.0 Å². The summed E-state index contributed by atoms with van der Waals surface area (Å²) in [5, 5.41) is 11.6. The number of nitrogens with one attached hydrogen (secondary N) is 1. The van der Waals surface area contributed by atoms with Gasteiger partial charge in [0, 0.05) is 33.3 Å². The van der Waals surface area contributed by atoms with Crippen molar-refractivity contribution in [2.24, 2.45) is 11.3 Å². The summed E-state index contributed by atoms with van der Waals surface area (Å²) in [5.74, 6) is 0.889. The van der Waals surface area contributed by atoms with E-state index < -0.39 is 0 Å². The molecule has 0 spiro atoms. The monoisotopic (exact) mass is 335 g/mol. The van der Waals surface area contributed by atoms with Crippen molar-refractivity contribution >= 4 is 5.91 Å². The van der Waals surface area contributed by atoms with Gasteiger partial charge in [-0.3, -0.25) is 9.48 Å². The molecule has 0 radical (unpaired) electrons. The van der Waals surface area contributed by atoms with Crippen LogP contribution in [0.5, 0.6) is 0 Å². The van der Waals surface area contributed by atoms with Crippen molar-refractivity contribution in [3.63, 3.8) is 0 Å². The molecule has 1 aromatic heterocycles. The van der Waals surface area contributed by atoms with Crippen molar-refractivity contribution in [3.05, 3.63) is 11.9 Å². The van der Waals surface area contributed by atoms with Gasteiger partial charge in [0.25, 0.3) is 0 Å². The lowest BCUT2D eigenvalue weighted by molar-refractivity contribution is -0.143. The summed E-state index contributed by atoms with van der Waals surface area (Å²) >= 11 is 0. The Hall–Kier alpha value is -1.47. The summed E-state index contributed by atoms with van der Waals surface area (Å²) in [6.45, 7) is 7.05. The van der Waals surface area contributed by atoms with Crippen LogP contribution in [0.4, 0.5) is 0 Å². The predicted octanol–water partition coefficient (Wildman–Crippen LogP) is 1.05. The first-order valence-corrected chi connectivity index (χ1v) is 8.99. The molecule has 0 unspecified atom stereocenters. The number of piperidine rings is 2. The SMILES string of the molecule is COCc1cn(CC2CCN(C(=O)[C@]3(C)CCCNC3)CC2)nn1. The third-order valence-electron chi connectivity index (χ3n) is 5.34. The standard InChI is InChI=1S/C17H29N5O2/c1-17(6-3-7-18-13-17)16(23)21-8-4-14(5-9-21)10-22-11-15(12-24-2)19-20-22/h11,14,18H,3-10,12-13H2,1-2H3/t17-/m1/s1. The minimum absolute atomic E-state index is 0.216. The molecule has 0 aliphatic carbocycles. The Balaban J connectivity index is 1.49. The van der Waals surface area contributed by atoms with Crippen molar-refractivity contribution in [1.29, 1.82) is 0 Å². The molecule has 1 aromatic rings. The largest absolute Gasteiger partial charge is 0.378 e. The van der Waals surface area contributed by atoms with Crippen LogP contribution in [0.25, 0.3) is 0 Å². The molecule has 7 nitrogen and oxygen atoms in total. The Bertz CT molecular complexity index is 545. The van der Waals surface area contributed by atoms with E-state index in [0.29, 0.717) is 18.4 Å². The second kappa shape index (κ2) is 7.61. The molecule has 7 heteroatoms. The number of carbonyl (C=O) groups is 1. The number of nitrogens with zero attached hydrogens (tertiary/aromatic N) is 4. The molecule has 1 atom stereocenters. The maximum atomic E-state index is 12.9. The second-order valence-corrected chi connectivity index (χ2v) is 7.44. The number of amides is 1. The van der Waals surface area contributed by atoms with Crippen LogP contribution in [-0.4, -0.2) is 59.1 Å². The molecular weight excluding hydrogens is 306 g/mol. The highest BCUT2D eigenvalue weighted by Gasteiger charge is 2.38. The Kier molecular flexibility index (Phi) is 5.50. The van der Waals surface area contributed by atoms with E-state index in [9.17, 15) is 4.79 Å². The van der Waals surface area contributed by atoms with Crippen molar-refractivity contribution in [3.8, 4) is 0 Å². The number of hydrogen-bond acceptors (Lipinski definition) is 5. The smallest absolute Gasteiger partial charge is 0.229 e. The fourth-order valence-electron chi connectivity index (χ4n) is 3.85. The minimum atomic E-state index is -0.216. The van der Waals surface area contributed by atoms with E-state index in [1.807, 2.05) is 10.9 Å². The zero-order valence-corrected chi connectivity index (χ0v) is 14.8. The molecule has 2 aliphatic rings. The maximum absolute atomic E-state index is 12.9. The average molecular weight is 335 g/mol. The molecule has 2 fully saturated rings. The minimum Gasteiger partial charge on any atom is -0.378 e. The number of aromatic nitrogens is 3. The van der Waals surface area contributed by atoms with Gasteiger partial charge in [-0.05, 0) is 45.1 Å². The van der Waals surface area contributed by atoms with E-state index in [-0.39, 0.29) is 5.41 Å². The Morgan fingerprint density at radius 1 is 1.46 bits per heavy atom. The molecular formula is C17H29N5O2. The fraction of sp³-hybridized carbons (Fsp3) is 0.824. The highest BCUT2D eigenvalue weighted by molar-refractivity contribution is 5.82. The van der Waals surface area contributed by atoms with Crippen LogP contribution in [-0.2, 0) is 22.7 Å². The highest BCUT2D eigenvalue weighted by Crippen LogP contribution is 2.30. The van der Waals surface area contributed by atoms with Gasteiger partial charge in [0.15, 0.2) is 0 Å². The summed E-state index contributed by atoms with van der Waals surface area (Å²) in [6.07, 6.45) is 6.12. The third-order valence-corrected chi connectivity index (χ3v) is 5.34. The molecule has 134 valence electrons. The average Bonchev–Trinajstić information content (AvgIpc) is 3.03. The number of rotatable bonds is 5. The van der Waals surface area contributed by atoms with Crippen LogP contribution >= 0.6 is 0 Å². The molecule has 3 heterocycles. The molecule has 0 saturated carbocycles. The normalized spacial score (nSPS) is 25.8. The zero-order valence-electron chi connectivity index (χ0n) is 14.8. The first-order valence-electron chi connectivity index (χ1n) is 8.99. The van der Waals surface area contributed by atoms with Gasteiger partial charge in [0.1, 0.15) is 5.69 Å². The molecule has 2 aliphatic heterocycles. The van der Waals surface area contributed by atoms with Crippen LogP contribution in [0.1, 0.15) is 38.3 Å². The van der Waals surface area contributed by atoms with Crippen molar-refractivity contribution in [2.45, 2.75) is 45.8 Å². The van der Waals surface area contributed by atoms with Gasteiger partial charge in [-0.25, -0.2) is 0 Å². The van der Waals surface area contributed by atoms with Gasteiger partial charge in [0.05, 0.1) is 18.2 Å². The fourth-order valence-corrected chi connectivity index (χ4v) is 3.85. The van der Waals surface area contributed by atoms with Crippen molar-refractivity contribution in [2.75, 3.05) is 33.3 Å². The third kappa shape index (κ3) is 3.95. The first kappa shape index (κ1) is 17.4. The summed E-state index contributed by atoms with van der Waals surface area (Å²) in [7, 11) is 1.66. The molecule has 24 heavy (non-hydrogen) atoms. The van der Waals surface area contributed by atoms with E-state index in [0.717, 1.165) is 64.1 Å². The number of hydrogen-bond donors (Lipinski definition) is 1. The molecule has 0 bridgehead atoms. The Morgan fingerprint density at radius 3 is 2.92 bits per heavy atom. The van der Waals surface area contributed by atoms with Gasteiger partial charge in [0.2, 0.25) is 5.91 Å². The lowest BCUT2D eigenvalue weighted by Crippen LogP contribution is -2.52. The summed E-state index contributed by atoms with van der Waals surface area (Å²) < 4.78 is 6.98. The molecule has 1 amide bonds. The highest BCUT2D eigenvalue weighted by atomic mass is 16.5. The number of methoxy groups -OCH3 is 1. The molecule has 2 saturated heterocycles. The Labute approximate surface area is 143 Å². The van der Waals surface area contributed by atoms with Crippen LogP contribution < -0.4 is 5.32 Å². The number of ether oxygens (including phenoxy) is 1. The van der Waals surface area contributed by atoms with E-state index in [1.54, 1.807) is 7.11 Å². The van der Waals surface area contributed by atoms with Crippen molar-refractivity contribution < 1.29 is 9.53 Å². The van der Waals surface area contributed by atoms with Crippen molar-refractivity contribution in [1.82, 2.24) is 25.2 Å². The topological polar surface area (TPSA) is 72.3 Å². The number of carbonyl (C=O) groups excluding carboxylic acids is 1. The van der Waals surface area contributed by atoms with E-state index in [4.69, 9.17) is 4.74 Å². The van der Waals surface area contributed by atoms with E-state index in [2.05, 4.69) is 27.5 Å². The van der Waals surface area contributed by atoms with Gasteiger partial charge in [-0.2, -0.15) is 0 Å². The molecule has 3 rings (SSSR count). The van der Waals surface area contributed by atoms with Gasteiger partial charge in [-0.15, -0.1) is 5.10 Å². The molecule has 1 N–H and O–H groups in total. The van der Waals surface area contributed by atoms with Crippen LogP contribution in [0.2, 0.25) is 0 Å². The second-order valence-electron chi connectivity index (χ2n) is 7.44. The lowest BCUT2D eigenvalue weighted by atomic mass is 9.80. The Morgan fingerprint density at radius 2 is 2.25 bits per heavy atom.